The summed E-state index contributed by atoms with van der Waals surface area (Å²) in [5.74, 6) is -0.0250. The molecule has 0 bridgehead atoms. The van der Waals surface area contributed by atoms with Gasteiger partial charge in [0.15, 0.2) is 17.5 Å². The Morgan fingerprint density at radius 1 is 0.440 bits per heavy atom. The summed E-state index contributed by atoms with van der Waals surface area (Å²) in [4.78, 5) is 14.5. The predicted octanol–water partition coefficient (Wildman–Crippen LogP) is 12.0. The molecule has 0 saturated heterocycles. The molecule has 10 rings (SSSR count). The van der Waals surface area contributed by atoms with E-state index in [1.807, 2.05) is 54.6 Å². The van der Waals surface area contributed by atoms with Crippen molar-refractivity contribution in [1.29, 1.82) is 0 Å². The molecule has 0 spiro atoms. The van der Waals surface area contributed by atoms with Gasteiger partial charge >= 0.3 is 0 Å². The predicted molar refractivity (Wildman–Crippen MR) is 209 cm³/mol. The van der Waals surface area contributed by atoms with E-state index in [1.54, 1.807) is 46.2 Å². The fourth-order valence-corrected chi connectivity index (χ4v) is 7.80. The maximum atomic E-state index is 9.35. The monoisotopic (exact) mass is 667 g/mol. The summed E-state index contributed by atoms with van der Waals surface area (Å²) in [6, 6.07) is 26.9. The highest BCUT2D eigenvalue weighted by atomic mass is 32.1. The lowest BCUT2D eigenvalue weighted by Gasteiger charge is -2.19. The van der Waals surface area contributed by atoms with Crippen molar-refractivity contribution in [3.63, 3.8) is 0 Å². The van der Waals surface area contributed by atoms with Crippen LogP contribution in [0.15, 0.2) is 170 Å². The zero-order valence-corrected chi connectivity index (χ0v) is 26.8. The Kier molecular flexibility index (Phi) is 4.54. The Hall–Kier alpha value is -6.43. The van der Waals surface area contributed by atoms with Crippen LogP contribution in [0.25, 0.3) is 93.0 Å². The first-order chi connectivity index (χ1) is 29.3. The number of fused-ring (bicyclic) bond motifs is 6. The van der Waals surface area contributed by atoms with Gasteiger partial charge in [-0.15, -0.1) is 11.3 Å². The molecule has 7 aromatic carbocycles. The van der Waals surface area contributed by atoms with Crippen molar-refractivity contribution >= 4 is 53.3 Å². The molecule has 234 valence electrons. The molecular formula is C45H28N4S. The Morgan fingerprint density at radius 3 is 1.84 bits per heavy atom. The van der Waals surface area contributed by atoms with Gasteiger partial charge in [-0.3, -0.25) is 0 Å². The largest absolute Gasteiger partial charge is 0.308 e. The van der Waals surface area contributed by atoms with Crippen LogP contribution < -0.4 is 0 Å². The van der Waals surface area contributed by atoms with E-state index >= 15 is 0 Å². The molecule has 0 aliphatic rings. The minimum absolute atomic E-state index is 0.0236. The van der Waals surface area contributed by atoms with Crippen LogP contribution in [0.1, 0.15) is 15.1 Å². The summed E-state index contributed by atoms with van der Waals surface area (Å²) in [5.41, 5.74) is 2.62. The summed E-state index contributed by atoms with van der Waals surface area (Å²) in [7, 11) is 0. The van der Waals surface area contributed by atoms with Crippen molar-refractivity contribution in [2.45, 2.75) is 0 Å². The summed E-state index contributed by atoms with van der Waals surface area (Å²) in [6.07, 6.45) is 0. The Labute approximate surface area is 308 Å². The van der Waals surface area contributed by atoms with Crippen LogP contribution in [0.3, 0.4) is 0 Å². The van der Waals surface area contributed by atoms with Crippen molar-refractivity contribution in [2.24, 2.45) is 0 Å². The van der Waals surface area contributed by atoms with Crippen LogP contribution in [-0.4, -0.2) is 19.5 Å². The molecule has 0 N–H and O–H groups in total. The molecule has 0 radical (unpaired) electrons. The molecule has 0 fully saturated rings. The first-order valence-electron chi connectivity index (χ1n) is 21.3. The molecule has 0 atom stereocenters. The molecule has 3 aromatic heterocycles. The summed E-state index contributed by atoms with van der Waals surface area (Å²) < 4.78 is 101. The van der Waals surface area contributed by atoms with E-state index in [1.165, 1.54) is 12.1 Å². The molecule has 0 amide bonds. The normalized spacial score (nSPS) is 14.7. The number of hydrogen-bond acceptors (Lipinski definition) is 4. The smallest absolute Gasteiger partial charge is 0.166 e. The van der Waals surface area contributed by atoms with Crippen LogP contribution in [0, 0.1) is 0 Å². The van der Waals surface area contributed by atoms with Crippen LogP contribution >= 0.6 is 11.3 Å². The lowest BCUT2D eigenvalue weighted by molar-refractivity contribution is 1.06. The van der Waals surface area contributed by atoms with E-state index < -0.39 is 30.2 Å². The molecule has 50 heavy (non-hydrogen) atoms. The topological polar surface area (TPSA) is 43.6 Å². The molecule has 5 heteroatoms. The van der Waals surface area contributed by atoms with Gasteiger partial charge in [0, 0.05) is 58.8 Å². The van der Waals surface area contributed by atoms with Gasteiger partial charge in [0.25, 0.3) is 0 Å². The minimum atomic E-state index is -0.570. The molecule has 0 aliphatic heterocycles. The van der Waals surface area contributed by atoms with Crippen molar-refractivity contribution in [1.82, 2.24) is 19.5 Å². The highest BCUT2D eigenvalue weighted by Gasteiger charge is 2.23. The quantitative estimate of drug-likeness (QED) is 0.183. The maximum Gasteiger partial charge on any atom is 0.166 e. The summed E-state index contributed by atoms with van der Waals surface area (Å²) in [6.45, 7) is 0. The average molecular weight is 668 g/mol. The van der Waals surface area contributed by atoms with Crippen LogP contribution in [0.4, 0.5) is 0 Å². The van der Waals surface area contributed by atoms with Crippen LogP contribution in [0.5, 0.6) is 0 Å². The zero-order chi connectivity index (χ0) is 42.6. The average Bonchev–Trinajstić information content (AvgIpc) is 3.84. The Balaban J connectivity index is 1.42. The molecule has 3 heterocycles. The van der Waals surface area contributed by atoms with Crippen LogP contribution in [0.2, 0.25) is 0 Å². The number of hydrogen-bond donors (Lipinski definition) is 0. The number of para-hydroxylation sites is 3. The highest BCUT2D eigenvalue weighted by Crippen LogP contribution is 2.45. The lowest BCUT2D eigenvalue weighted by Crippen LogP contribution is -2.05. The number of nitrogens with zero attached hydrogens (tertiary/aromatic N) is 4. The number of aromatic nitrogens is 4. The molecule has 0 unspecified atom stereocenters. The van der Waals surface area contributed by atoms with Gasteiger partial charge in [-0.1, -0.05) is 145 Å². The highest BCUT2D eigenvalue weighted by molar-refractivity contribution is 7.26. The van der Waals surface area contributed by atoms with Crippen molar-refractivity contribution in [3.05, 3.63) is 170 Å². The molecule has 0 aliphatic carbocycles. The van der Waals surface area contributed by atoms with Crippen molar-refractivity contribution < 1.29 is 15.1 Å². The van der Waals surface area contributed by atoms with Gasteiger partial charge in [-0.25, -0.2) is 15.0 Å². The maximum absolute atomic E-state index is 9.35. The van der Waals surface area contributed by atoms with Gasteiger partial charge in [-0.05, 0) is 24.2 Å². The second kappa shape index (κ2) is 11.6. The first kappa shape index (κ1) is 19.5. The third kappa shape index (κ3) is 4.55. The molecule has 10 aromatic rings. The Bertz CT molecular complexity index is 3410. The fraction of sp³-hybridized carbons (Fsp3) is 0. The van der Waals surface area contributed by atoms with Gasteiger partial charge in [0.2, 0.25) is 0 Å². The van der Waals surface area contributed by atoms with E-state index in [9.17, 15) is 2.74 Å². The van der Waals surface area contributed by atoms with Gasteiger partial charge in [-0.2, -0.15) is 0 Å². The first-order valence-corrected chi connectivity index (χ1v) is 16.6. The van der Waals surface area contributed by atoms with E-state index in [0.717, 1.165) is 25.7 Å². The van der Waals surface area contributed by atoms with Gasteiger partial charge < -0.3 is 4.57 Å². The van der Waals surface area contributed by atoms with Crippen LogP contribution in [-0.2, 0) is 0 Å². The van der Waals surface area contributed by atoms with Gasteiger partial charge in [0.1, 0.15) is 0 Å². The van der Waals surface area contributed by atoms with Gasteiger partial charge in [0.05, 0.1) is 31.8 Å². The fourth-order valence-electron chi connectivity index (χ4n) is 6.57. The number of rotatable bonds is 5. The van der Waals surface area contributed by atoms with Crippen molar-refractivity contribution in [3.8, 4) is 51.0 Å². The second-order valence-electron chi connectivity index (χ2n) is 11.6. The Morgan fingerprint density at radius 2 is 1.06 bits per heavy atom. The summed E-state index contributed by atoms with van der Waals surface area (Å²) >= 11 is 1.59. The lowest BCUT2D eigenvalue weighted by atomic mass is 9.97. The molecular weight excluding hydrogens is 629 g/mol. The molecule has 4 nitrogen and oxygen atoms in total. The van der Waals surface area contributed by atoms with Crippen molar-refractivity contribution in [2.75, 3.05) is 0 Å². The zero-order valence-electron chi connectivity index (χ0n) is 37.0. The third-order valence-electron chi connectivity index (χ3n) is 8.71. The van der Waals surface area contributed by atoms with E-state index in [2.05, 4.69) is 6.07 Å². The van der Waals surface area contributed by atoms with E-state index in [0.29, 0.717) is 22.4 Å². The van der Waals surface area contributed by atoms with E-state index in [-0.39, 0.29) is 81.1 Å². The summed E-state index contributed by atoms with van der Waals surface area (Å²) in [5, 5.41) is 2.19. The standard InChI is InChI=1S/C45H28N4S/c1-3-15-29(16-4-1)43-46-44(30-17-5-2-6-18-30)48-45(47-43)37-25-13-22-34(36-24-14-23-35-33-21-9-12-28-40(33)50-42(35)36)41(37)49-38-26-10-7-19-31(38)32-20-8-11-27-39(32)49/h1-28H/i1D,3D,4D,7D,8D,15D,16D,19D,20D,26D,27D. The van der Waals surface area contributed by atoms with E-state index in [4.69, 9.17) is 27.3 Å². The SMILES string of the molecule is [2H]c1cc([2H])c2c(c1[2H])c1c([2H])c([2H])cc([2H])c1n2-c1c(-c2nc(-c3ccccc3)nc(-c3c([2H])c([2H])c([2H])c([2H])c3[2H])n2)cccc1-c1cccc2c1sc1ccccc12. The second-order valence-corrected chi connectivity index (χ2v) is 12.6. The molecule has 0 saturated carbocycles. The minimum Gasteiger partial charge on any atom is -0.308 e. The number of thiophene rings is 1. The number of benzene rings is 7. The third-order valence-corrected chi connectivity index (χ3v) is 9.93.